The average Bonchev–Trinajstić information content (AvgIpc) is 2.43. The summed E-state index contributed by atoms with van der Waals surface area (Å²) in [6, 6.07) is 8.36. The Morgan fingerprint density at radius 2 is 1.95 bits per heavy atom. The van der Waals surface area contributed by atoms with E-state index in [9.17, 15) is 4.79 Å². The topological polar surface area (TPSA) is 52.3 Å². The zero-order valence-electron chi connectivity index (χ0n) is 11.0. The molecule has 0 aliphatic rings. The fourth-order valence-corrected chi connectivity index (χ4v) is 2.39. The fraction of sp³-hybridized carbons (Fsp3) is 0.133. The van der Waals surface area contributed by atoms with E-state index in [1.165, 1.54) is 7.11 Å². The standard InChI is InChI=1S/C15H13BrClNO2/c1-8-5-14(20-2)11(7-12(8)16)15(19)10-6-9(17)3-4-13(10)18/h3-7H,18H2,1-2H3. The van der Waals surface area contributed by atoms with Crippen LogP contribution < -0.4 is 10.5 Å². The summed E-state index contributed by atoms with van der Waals surface area (Å²) in [7, 11) is 1.53. The number of halogens is 2. The van der Waals surface area contributed by atoms with Crippen LogP contribution in [0.1, 0.15) is 21.5 Å². The Morgan fingerprint density at radius 3 is 2.60 bits per heavy atom. The monoisotopic (exact) mass is 353 g/mol. The van der Waals surface area contributed by atoms with Gasteiger partial charge in [-0.05, 0) is 42.8 Å². The number of benzene rings is 2. The molecule has 0 aromatic heterocycles. The number of hydrogen-bond acceptors (Lipinski definition) is 3. The molecule has 0 radical (unpaired) electrons. The van der Waals surface area contributed by atoms with Crippen molar-refractivity contribution in [3.8, 4) is 5.75 Å². The van der Waals surface area contributed by atoms with Gasteiger partial charge < -0.3 is 10.5 Å². The van der Waals surface area contributed by atoms with Crippen molar-refractivity contribution in [2.45, 2.75) is 6.92 Å². The third-order valence-electron chi connectivity index (χ3n) is 2.99. The van der Waals surface area contributed by atoms with Crippen LogP contribution in [0, 0.1) is 6.92 Å². The van der Waals surface area contributed by atoms with Crippen molar-refractivity contribution in [3.63, 3.8) is 0 Å². The van der Waals surface area contributed by atoms with E-state index in [0.29, 0.717) is 27.6 Å². The van der Waals surface area contributed by atoms with Crippen LogP contribution in [0.25, 0.3) is 0 Å². The van der Waals surface area contributed by atoms with Crippen molar-refractivity contribution in [2.24, 2.45) is 0 Å². The summed E-state index contributed by atoms with van der Waals surface area (Å²) in [5.41, 5.74) is 8.04. The molecule has 2 N–H and O–H groups in total. The minimum atomic E-state index is -0.220. The highest BCUT2D eigenvalue weighted by Crippen LogP contribution is 2.30. The summed E-state index contributed by atoms with van der Waals surface area (Å²) in [4.78, 5) is 12.6. The smallest absolute Gasteiger partial charge is 0.198 e. The Hall–Kier alpha value is -1.52. The van der Waals surface area contributed by atoms with E-state index >= 15 is 0 Å². The second-order valence-corrected chi connectivity index (χ2v) is 5.65. The van der Waals surface area contributed by atoms with Crippen molar-refractivity contribution in [2.75, 3.05) is 12.8 Å². The number of aryl methyl sites for hydroxylation is 1. The Balaban J connectivity index is 2.58. The first-order valence-corrected chi connectivity index (χ1v) is 7.05. The van der Waals surface area contributed by atoms with E-state index in [1.54, 1.807) is 30.3 Å². The van der Waals surface area contributed by atoms with Gasteiger partial charge in [-0.1, -0.05) is 27.5 Å². The molecule has 2 aromatic carbocycles. The van der Waals surface area contributed by atoms with Crippen LogP contribution in [0.4, 0.5) is 5.69 Å². The first-order chi connectivity index (χ1) is 9.43. The van der Waals surface area contributed by atoms with Gasteiger partial charge in [-0.3, -0.25) is 4.79 Å². The van der Waals surface area contributed by atoms with Gasteiger partial charge in [-0.15, -0.1) is 0 Å². The minimum Gasteiger partial charge on any atom is -0.496 e. The predicted molar refractivity (Wildman–Crippen MR) is 84.7 cm³/mol. The third-order valence-corrected chi connectivity index (χ3v) is 4.07. The van der Waals surface area contributed by atoms with Crippen LogP contribution in [0.2, 0.25) is 5.02 Å². The molecular formula is C15H13BrClNO2. The summed E-state index contributed by atoms with van der Waals surface area (Å²) in [6.07, 6.45) is 0. The molecule has 0 aliphatic carbocycles. The molecule has 104 valence electrons. The number of methoxy groups -OCH3 is 1. The lowest BCUT2D eigenvalue weighted by molar-refractivity contribution is 0.103. The molecule has 0 fully saturated rings. The molecule has 2 aromatic rings. The Morgan fingerprint density at radius 1 is 1.25 bits per heavy atom. The molecule has 0 atom stereocenters. The maximum atomic E-state index is 12.6. The van der Waals surface area contributed by atoms with Crippen molar-refractivity contribution in [1.29, 1.82) is 0 Å². The molecule has 0 saturated heterocycles. The number of ether oxygens (including phenoxy) is 1. The molecule has 0 heterocycles. The number of anilines is 1. The van der Waals surface area contributed by atoms with Gasteiger partial charge in [-0.2, -0.15) is 0 Å². The van der Waals surface area contributed by atoms with E-state index < -0.39 is 0 Å². The summed E-state index contributed by atoms with van der Waals surface area (Å²) in [5.74, 6) is 0.289. The number of carbonyl (C=O) groups is 1. The maximum absolute atomic E-state index is 12.6. The summed E-state index contributed by atoms with van der Waals surface area (Å²) in [6.45, 7) is 1.93. The second kappa shape index (κ2) is 5.85. The van der Waals surface area contributed by atoms with Gasteiger partial charge in [0.15, 0.2) is 5.78 Å². The molecule has 0 saturated carbocycles. The summed E-state index contributed by atoms with van der Waals surface area (Å²) < 4.78 is 6.11. The molecule has 0 unspecified atom stereocenters. The minimum absolute atomic E-state index is 0.220. The highest BCUT2D eigenvalue weighted by atomic mass is 79.9. The van der Waals surface area contributed by atoms with Gasteiger partial charge >= 0.3 is 0 Å². The van der Waals surface area contributed by atoms with Crippen LogP contribution in [-0.4, -0.2) is 12.9 Å². The molecule has 2 rings (SSSR count). The zero-order valence-corrected chi connectivity index (χ0v) is 13.4. The Bertz CT molecular complexity index is 686. The molecule has 20 heavy (non-hydrogen) atoms. The van der Waals surface area contributed by atoms with E-state index in [0.717, 1.165) is 10.0 Å². The van der Waals surface area contributed by atoms with Gasteiger partial charge in [0.25, 0.3) is 0 Å². The van der Waals surface area contributed by atoms with Gasteiger partial charge in [-0.25, -0.2) is 0 Å². The number of carbonyl (C=O) groups excluding carboxylic acids is 1. The van der Waals surface area contributed by atoms with Gasteiger partial charge in [0.05, 0.1) is 12.7 Å². The zero-order chi connectivity index (χ0) is 14.9. The lowest BCUT2D eigenvalue weighted by Crippen LogP contribution is -2.07. The van der Waals surface area contributed by atoms with Crippen LogP contribution in [0.3, 0.4) is 0 Å². The maximum Gasteiger partial charge on any atom is 0.198 e. The van der Waals surface area contributed by atoms with Gasteiger partial charge in [0.2, 0.25) is 0 Å². The number of nitrogen functional groups attached to an aromatic ring is 1. The first kappa shape index (κ1) is 14.9. The van der Waals surface area contributed by atoms with E-state index in [-0.39, 0.29) is 5.78 Å². The number of rotatable bonds is 3. The van der Waals surface area contributed by atoms with Crippen LogP contribution in [-0.2, 0) is 0 Å². The quantitative estimate of drug-likeness (QED) is 0.663. The van der Waals surface area contributed by atoms with Gasteiger partial charge in [0.1, 0.15) is 5.75 Å². The molecule has 0 amide bonds. The number of hydrogen-bond donors (Lipinski definition) is 1. The highest BCUT2D eigenvalue weighted by Gasteiger charge is 2.18. The third kappa shape index (κ3) is 2.81. The largest absolute Gasteiger partial charge is 0.496 e. The van der Waals surface area contributed by atoms with E-state index in [2.05, 4.69) is 15.9 Å². The molecule has 0 bridgehead atoms. The average molecular weight is 355 g/mol. The van der Waals surface area contributed by atoms with Crippen molar-refractivity contribution in [3.05, 3.63) is 56.5 Å². The number of nitrogens with two attached hydrogens (primary N) is 1. The molecule has 0 spiro atoms. The van der Waals surface area contributed by atoms with E-state index in [1.807, 2.05) is 6.92 Å². The van der Waals surface area contributed by atoms with Crippen LogP contribution in [0.15, 0.2) is 34.8 Å². The summed E-state index contributed by atoms with van der Waals surface area (Å²) in [5, 5.41) is 0.465. The summed E-state index contributed by atoms with van der Waals surface area (Å²) >= 11 is 9.35. The van der Waals surface area contributed by atoms with Crippen LogP contribution >= 0.6 is 27.5 Å². The number of ketones is 1. The van der Waals surface area contributed by atoms with Crippen molar-refractivity contribution >= 4 is 39.0 Å². The van der Waals surface area contributed by atoms with E-state index in [4.69, 9.17) is 22.1 Å². The highest BCUT2D eigenvalue weighted by molar-refractivity contribution is 9.10. The fourth-order valence-electron chi connectivity index (χ4n) is 1.87. The van der Waals surface area contributed by atoms with Crippen molar-refractivity contribution in [1.82, 2.24) is 0 Å². The van der Waals surface area contributed by atoms with Crippen LogP contribution in [0.5, 0.6) is 5.75 Å². The Kier molecular flexibility index (Phi) is 4.35. The molecular weight excluding hydrogens is 342 g/mol. The lowest BCUT2D eigenvalue weighted by Gasteiger charge is -2.11. The normalized spacial score (nSPS) is 10.4. The second-order valence-electron chi connectivity index (χ2n) is 4.36. The molecule has 3 nitrogen and oxygen atoms in total. The SMILES string of the molecule is COc1cc(C)c(Br)cc1C(=O)c1cc(Cl)ccc1N. The van der Waals surface area contributed by atoms with Gasteiger partial charge in [0, 0.05) is 20.7 Å². The predicted octanol–water partition coefficient (Wildman–Crippen LogP) is 4.23. The van der Waals surface area contributed by atoms with Crippen molar-refractivity contribution < 1.29 is 9.53 Å². The Labute approximate surface area is 130 Å². The molecule has 5 heteroatoms. The molecule has 0 aliphatic heterocycles. The first-order valence-electron chi connectivity index (χ1n) is 5.88. The lowest BCUT2D eigenvalue weighted by atomic mass is 10.00.